The number of carbonyl (C=O) groups excluding carboxylic acids is 3. The van der Waals surface area contributed by atoms with E-state index < -0.39 is 70.3 Å². The van der Waals surface area contributed by atoms with E-state index in [4.69, 9.17) is 11.5 Å². The molecule has 11 nitrogen and oxygen atoms in total. The second kappa shape index (κ2) is 10.9. The van der Waals surface area contributed by atoms with E-state index in [9.17, 15) is 45.1 Å². The summed E-state index contributed by atoms with van der Waals surface area (Å²) in [6.45, 7) is 1.37. The lowest BCUT2D eigenvalue weighted by Gasteiger charge is -2.29. The number of rotatable bonds is 8. The zero-order chi connectivity index (χ0) is 30.9. The van der Waals surface area contributed by atoms with E-state index in [1.54, 1.807) is 0 Å². The second-order valence-electron chi connectivity index (χ2n) is 8.87. The minimum Gasteiger partial charge on any atom is -0.406 e. The molecule has 0 aliphatic heterocycles. The van der Waals surface area contributed by atoms with E-state index in [-0.39, 0.29) is 22.4 Å². The number of primary amides is 1. The Kier molecular flexibility index (Phi) is 8.17. The molecule has 0 unspecified atom stereocenters. The number of ether oxygens (including phenoxy) is 1. The quantitative estimate of drug-likeness (QED) is 0.229. The maximum absolute atomic E-state index is 14.4. The second-order valence-corrected chi connectivity index (χ2v) is 8.87. The number of nitrogens with zero attached hydrogens (tertiary/aromatic N) is 3. The van der Waals surface area contributed by atoms with Gasteiger partial charge < -0.3 is 26.8 Å². The predicted octanol–water partition coefficient (Wildman–Crippen LogP) is 3.73. The summed E-state index contributed by atoms with van der Waals surface area (Å²) in [7, 11) is 0. The highest BCUT2D eigenvalue weighted by molar-refractivity contribution is 6.13. The first-order valence-corrected chi connectivity index (χ1v) is 11.2. The number of alkyl halides is 6. The third-order valence-corrected chi connectivity index (χ3v) is 5.50. The maximum Gasteiger partial charge on any atom is 0.573 e. The van der Waals surface area contributed by atoms with Crippen molar-refractivity contribution < 1.29 is 49.9 Å². The number of amides is 3. The van der Waals surface area contributed by atoms with E-state index >= 15 is 0 Å². The van der Waals surface area contributed by atoms with Gasteiger partial charge in [0.2, 0.25) is 11.9 Å². The van der Waals surface area contributed by atoms with Crippen molar-refractivity contribution in [3.05, 3.63) is 59.3 Å². The number of halogens is 7. The van der Waals surface area contributed by atoms with Gasteiger partial charge in [-0.15, -0.1) is 13.2 Å². The van der Waals surface area contributed by atoms with Crippen LogP contribution >= 0.6 is 0 Å². The van der Waals surface area contributed by atoms with Crippen LogP contribution in [0.15, 0.2) is 36.5 Å². The largest absolute Gasteiger partial charge is 0.573 e. The number of anilines is 3. The Morgan fingerprint density at radius 3 is 2.17 bits per heavy atom. The summed E-state index contributed by atoms with van der Waals surface area (Å²) in [6, 6.07) is 5.30. The first-order chi connectivity index (χ1) is 18.8. The zero-order valence-electron chi connectivity index (χ0n) is 20.9. The molecule has 0 fully saturated rings. The van der Waals surface area contributed by atoms with Crippen molar-refractivity contribution in [1.29, 1.82) is 0 Å². The van der Waals surface area contributed by atoms with Gasteiger partial charge in [0.25, 0.3) is 11.8 Å². The van der Waals surface area contributed by atoms with E-state index in [0.29, 0.717) is 13.8 Å². The Balaban J connectivity index is 1.79. The molecular formula is C23H20F7N7O4. The van der Waals surface area contributed by atoms with Gasteiger partial charge in [-0.05, 0) is 37.6 Å². The minimum absolute atomic E-state index is 0.151. The van der Waals surface area contributed by atoms with Crippen LogP contribution in [0.2, 0.25) is 0 Å². The van der Waals surface area contributed by atoms with Crippen LogP contribution in [0.5, 0.6) is 5.75 Å². The van der Waals surface area contributed by atoms with Gasteiger partial charge in [-0.25, -0.2) is 9.67 Å². The van der Waals surface area contributed by atoms with Crippen LogP contribution in [0.3, 0.4) is 0 Å². The average molecular weight is 591 g/mol. The highest BCUT2D eigenvalue weighted by Crippen LogP contribution is 2.38. The normalized spacial score (nSPS) is 12.1. The van der Waals surface area contributed by atoms with Crippen molar-refractivity contribution in [1.82, 2.24) is 14.8 Å². The summed E-state index contributed by atoms with van der Waals surface area (Å²) in [5.41, 5.74) is 5.77. The molecule has 0 spiro atoms. The fourth-order valence-corrected chi connectivity index (χ4v) is 3.36. The highest BCUT2D eigenvalue weighted by Gasteiger charge is 2.51. The van der Waals surface area contributed by atoms with Crippen molar-refractivity contribution in [2.24, 2.45) is 5.73 Å². The molecule has 1 aromatic carbocycles. The average Bonchev–Trinajstić information content (AvgIpc) is 3.19. The predicted molar refractivity (Wildman–Crippen MR) is 128 cm³/mol. The van der Waals surface area contributed by atoms with Gasteiger partial charge in [0.1, 0.15) is 17.1 Å². The lowest BCUT2D eigenvalue weighted by molar-refractivity contribution is -0.274. The van der Waals surface area contributed by atoms with Gasteiger partial charge in [-0.1, -0.05) is 12.1 Å². The molecule has 0 aliphatic carbocycles. The van der Waals surface area contributed by atoms with Crippen molar-refractivity contribution in [3.63, 3.8) is 0 Å². The van der Waals surface area contributed by atoms with Crippen LogP contribution in [-0.2, 0) is 16.8 Å². The maximum atomic E-state index is 14.4. The minimum atomic E-state index is -4.92. The van der Waals surface area contributed by atoms with Gasteiger partial charge in [-0.2, -0.15) is 22.7 Å². The number of pyridine rings is 1. The molecule has 2 heterocycles. The molecule has 220 valence electrons. The lowest BCUT2D eigenvalue weighted by atomic mass is 10.1. The Morgan fingerprint density at radius 1 is 1.02 bits per heavy atom. The van der Waals surface area contributed by atoms with Gasteiger partial charge in [0.15, 0.2) is 11.2 Å². The Bertz CT molecular complexity index is 1480. The van der Waals surface area contributed by atoms with Gasteiger partial charge in [-0.3, -0.25) is 14.4 Å². The molecule has 0 saturated carbocycles. The highest BCUT2D eigenvalue weighted by atomic mass is 19.4. The summed E-state index contributed by atoms with van der Waals surface area (Å²) in [6.07, 6.45) is -9.28. The number of nitrogens with two attached hydrogens (primary N) is 2. The molecule has 0 bridgehead atoms. The molecule has 0 radical (unpaired) electrons. The molecule has 41 heavy (non-hydrogen) atoms. The monoisotopic (exact) mass is 591 g/mol. The standard InChI is InChI=1S/C23H20F7N7O4/c1-21(2,22(25,26)27)37-18(31)15(19(32)39)16(36-37)20(40)35-13-8-11(9-33-17(13)24)34-14(38)7-10-3-5-12(6-4-10)41-23(28,29)30/h3-6,8-9H,7,31H2,1-2H3,(H2,32,39)(H,34,38)(H,35,40). The fourth-order valence-electron chi connectivity index (χ4n) is 3.36. The van der Waals surface area contributed by atoms with E-state index in [1.165, 1.54) is 12.1 Å². The van der Waals surface area contributed by atoms with Crippen LogP contribution in [0, 0.1) is 5.95 Å². The van der Waals surface area contributed by atoms with Gasteiger partial charge >= 0.3 is 12.5 Å². The summed E-state index contributed by atoms with van der Waals surface area (Å²) in [5, 5.41) is 7.83. The van der Waals surface area contributed by atoms with E-state index in [1.807, 2.05) is 5.32 Å². The van der Waals surface area contributed by atoms with E-state index in [0.717, 1.165) is 24.4 Å². The number of benzene rings is 1. The number of aromatic nitrogens is 3. The van der Waals surface area contributed by atoms with Crippen molar-refractivity contribution in [3.8, 4) is 5.75 Å². The molecule has 3 aromatic rings. The van der Waals surface area contributed by atoms with Crippen LogP contribution in [0.4, 0.5) is 47.9 Å². The smallest absolute Gasteiger partial charge is 0.406 e. The number of carbonyl (C=O) groups is 3. The van der Waals surface area contributed by atoms with Crippen molar-refractivity contribution in [2.45, 2.75) is 38.3 Å². The molecule has 6 N–H and O–H groups in total. The van der Waals surface area contributed by atoms with Gasteiger partial charge in [0, 0.05) is 0 Å². The Labute approximate surface area is 225 Å². The first-order valence-electron chi connectivity index (χ1n) is 11.2. The van der Waals surface area contributed by atoms with Crippen LogP contribution in [-0.4, -0.2) is 45.0 Å². The number of hydrogen-bond acceptors (Lipinski definition) is 7. The zero-order valence-corrected chi connectivity index (χ0v) is 20.9. The van der Waals surface area contributed by atoms with Crippen LogP contribution < -0.4 is 26.8 Å². The summed E-state index contributed by atoms with van der Waals surface area (Å²) in [4.78, 5) is 40.5. The van der Waals surface area contributed by atoms with Crippen molar-refractivity contribution >= 4 is 34.9 Å². The molecule has 3 amide bonds. The first kappa shape index (κ1) is 30.6. The lowest BCUT2D eigenvalue weighted by Crippen LogP contribution is -2.43. The van der Waals surface area contributed by atoms with Gasteiger partial charge in [0.05, 0.1) is 24.0 Å². The molecule has 18 heteroatoms. The molecule has 0 saturated heterocycles. The molecule has 0 aliphatic rings. The van der Waals surface area contributed by atoms with Crippen LogP contribution in [0.25, 0.3) is 0 Å². The summed E-state index contributed by atoms with van der Waals surface area (Å²) < 4.78 is 95.7. The van der Waals surface area contributed by atoms with Crippen LogP contribution in [0.1, 0.15) is 40.3 Å². The number of hydrogen-bond donors (Lipinski definition) is 4. The number of nitrogens with one attached hydrogen (secondary N) is 2. The SMILES string of the molecule is CC(C)(n1nc(C(=O)Nc2cc(NC(=O)Cc3ccc(OC(F)(F)F)cc3)cnc2F)c(C(N)=O)c1N)C(F)(F)F. The summed E-state index contributed by atoms with van der Waals surface area (Å²) in [5.74, 6) is -6.10. The Hall–Kier alpha value is -4.90. The Morgan fingerprint density at radius 2 is 1.63 bits per heavy atom. The fraction of sp³-hybridized carbons (Fsp3) is 0.261. The van der Waals surface area contributed by atoms with Crippen molar-refractivity contribution in [2.75, 3.05) is 16.4 Å². The topological polar surface area (TPSA) is 167 Å². The van der Waals surface area contributed by atoms with E-state index in [2.05, 4.69) is 20.1 Å². The summed E-state index contributed by atoms with van der Waals surface area (Å²) >= 11 is 0. The molecule has 2 aromatic heterocycles. The number of nitrogen functional groups attached to an aromatic ring is 1. The molecular weight excluding hydrogens is 571 g/mol. The third kappa shape index (κ3) is 7.00. The molecule has 3 rings (SSSR count). The molecule has 0 atom stereocenters. The third-order valence-electron chi connectivity index (χ3n) is 5.50.